The van der Waals surface area contributed by atoms with Crippen LogP contribution in [0.4, 0.5) is 11.4 Å². The van der Waals surface area contributed by atoms with E-state index in [1.54, 1.807) is 18.2 Å². The predicted molar refractivity (Wildman–Crippen MR) is 74.4 cm³/mol. The van der Waals surface area contributed by atoms with Gasteiger partial charge in [-0.15, -0.1) is 0 Å². The van der Waals surface area contributed by atoms with E-state index in [9.17, 15) is 4.79 Å². The average Bonchev–Trinajstić information content (AvgIpc) is 2.84. The van der Waals surface area contributed by atoms with Gasteiger partial charge in [-0.25, -0.2) is 4.79 Å². The van der Waals surface area contributed by atoms with Gasteiger partial charge in [0.05, 0.1) is 11.7 Å². The lowest BCUT2D eigenvalue weighted by atomic mass is 9.99. The molecule has 2 rings (SSSR count). The van der Waals surface area contributed by atoms with E-state index in [1.165, 1.54) is 0 Å². The van der Waals surface area contributed by atoms with E-state index in [-0.39, 0.29) is 11.3 Å². The monoisotopic (exact) mass is 264 g/mol. The number of hydrogen-bond donors (Lipinski definition) is 3. The Morgan fingerprint density at radius 3 is 3.05 bits per heavy atom. The molecule has 1 aromatic rings. The second kappa shape index (κ2) is 5.93. The van der Waals surface area contributed by atoms with Crippen molar-refractivity contribution in [3.63, 3.8) is 0 Å². The first-order valence-corrected chi connectivity index (χ1v) is 6.60. The highest BCUT2D eigenvalue weighted by molar-refractivity contribution is 5.94. The molecule has 0 aliphatic carbocycles. The lowest BCUT2D eigenvalue weighted by Gasteiger charge is -2.18. The molecule has 1 aliphatic rings. The van der Waals surface area contributed by atoms with Crippen LogP contribution in [0.1, 0.15) is 30.1 Å². The van der Waals surface area contributed by atoms with Crippen LogP contribution in [0.3, 0.4) is 0 Å². The van der Waals surface area contributed by atoms with Crippen molar-refractivity contribution in [3.05, 3.63) is 23.8 Å². The summed E-state index contributed by atoms with van der Waals surface area (Å²) in [7, 11) is 0. The number of nitrogens with two attached hydrogens (primary N) is 1. The van der Waals surface area contributed by atoms with E-state index in [1.807, 2.05) is 0 Å². The Hall–Kier alpha value is -1.75. The zero-order valence-electron chi connectivity index (χ0n) is 11.1. The first kappa shape index (κ1) is 13.7. The Morgan fingerprint density at radius 2 is 2.37 bits per heavy atom. The van der Waals surface area contributed by atoms with Crippen molar-refractivity contribution in [1.29, 1.82) is 0 Å². The quantitative estimate of drug-likeness (QED) is 0.710. The van der Waals surface area contributed by atoms with Crippen molar-refractivity contribution in [3.8, 4) is 0 Å². The van der Waals surface area contributed by atoms with Crippen molar-refractivity contribution in [1.82, 2.24) is 0 Å². The summed E-state index contributed by atoms with van der Waals surface area (Å²) >= 11 is 0. The fraction of sp³-hybridized carbons (Fsp3) is 0.500. The minimum atomic E-state index is -1.00. The number of aromatic carboxylic acids is 1. The molecule has 0 saturated carbocycles. The zero-order chi connectivity index (χ0) is 13.8. The third-order valence-electron chi connectivity index (χ3n) is 3.60. The smallest absolute Gasteiger partial charge is 0.337 e. The maximum atomic E-state index is 11.0. The van der Waals surface area contributed by atoms with Crippen LogP contribution in [0.25, 0.3) is 0 Å². The third-order valence-corrected chi connectivity index (χ3v) is 3.60. The van der Waals surface area contributed by atoms with E-state index in [4.69, 9.17) is 15.6 Å². The predicted octanol–water partition coefficient (Wildman–Crippen LogP) is 2.19. The normalized spacial score (nSPS) is 22.4. The largest absolute Gasteiger partial charge is 0.478 e. The van der Waals surface area contributed by atoms with Gasteiger partial charge in [0.25, 0.3) is 0 Å². The number of rotatable bonds is 5. The van der Waals surface area contributed by atoms with Crippen LogP contribution in [0.15, 0.2) is 18.2 Å². The Balaban J connectivity index is 2.00. The minimum absolute atomic E-state index is 0.139. The topological polar surface area (TPSA) is 84.6 Å². The molecule has 0 bridgehead atoms. The molecule has 19 heavy (non-hydrogen) atoms. The van der Waals surface area contributed by atoms with Crippen LogP contribution < -0.4 is 11.1 Å². The van der Waals surface area contributed by atoms with Crippen LogP contribution in [-0.2, 0) is 4.74 Å². The summed E-state index contributed by atoms with van der Waals surface area (Å²) in [6.45, 7) is 3.73. The highest BCUT2D eigenvalue weighted by Gasteiger charge is 2.26. The number of nitrogens with one attached hydrogen (secondary N) is 1. The molecule has 0 amide bonds. The standard InChI is InChI=1S/C14H20N2O3/c1-2-13-9(5-6-19-13)8-16-10-3-4-12(15)11(7-10)14(17)18/h3-4,7,9,13,16H,2,5-6,8,15H2,1H3,(H,17,18). The first-order valence-electron chi connectivity index (χ1n) is 6.60. The molecule has 2 unspecified atom stereocenters. The second-order valence-electron chi connectivity index (χ2n) is 4.85. The molecule has 0 spiro atoms. The molecule has 1 aliphatic heterocycles. The van der Waals surface area contributed by atoms with Gasteiger partial charge in [0.15, 0.2) is 0 Å². The fourth-order valence-electron chi connectivity index (χ4n) is 2.48. The van der Waals surface area contributed by atoms with Crippen molar-refractivity contribution >= 4 is 17.3 Å². The molecule has 1 heterocycles. The third kappa shape index (κ3) is 3.17. The molecular formula is C14H20N2O3. The number of hydrogen-bond acceptors (Lipinski definition) is 4. The molecule has 5 nitrogen and oxygen atoms in total. The Morgan fingerprint density at radius 1 is 1.58 bits per heavy atom. The summed E-state index contributed by atoms with van der Waals surface area (Å²) in [5.41, 5.74) is 6.83. The number of carbonyl (C=O) groups is 1. The van der Waals surface area contributed by atoms with E-state index in [2.05, 4.69) is 12.2 Å². The van der Waals surface area contributed by atoms with Gasteiger partial charge in [-0.3, -0.25) is 0 Å². The SMILES string of the molecule is CCC1OCCC1CNc1ccc(N)c(C(=O)O)c1. The molecule has 1 fully saturated rings. The van der Waals surface area contributed by atoms with Crippen LogP contribution in [0, 0.1) is 5.92 Å². The summed E-state index contributed by atoms with van der Waals surface area (Å²) in [4.78, 5) is 11.0. The Bertz CT molecular complexity index is 462. The number of carboxylic acids is 1. The molecule has 104 valence electrons. The van der Waals surface area contributed by atoms with Crippen molar-refractivity contribution in [2.45, 2.75) is 25.9 Å². The van der Waals surface area contributed by atoms with Gasteiger partial charge in [-0.2, -0.15) is 0 Å². The average molecular weight is 264 g/mol. The maximum absolute atomic E-state index is 11.0. The highest BCUT2D eigenvalue weighted by atomic mass is 16.5. The minimum Gasteiger partial charge on any atom is -0.478 e. The van der Waals surface area contributed by atoms with Gasteiger partial charge in [0.2, 0.25) is 0 Å². The van der Waals surface area contributed by atoms with Gasteiger partial charge >= 0.3 is 5.97 Å². The number of benzene rings is 1. The summed E-state index contributed by atoms with van der Waals surface area (Å²) < 4.78 is 5.63. The molecule has 4 N–H and O–H groups in total. The summed E-state index contributed by atoms with van der Waals surface area (Å²) in [5.74, 6) is -0.521. The van der Waals surface area contributed by atoms with Crippen LogP contribution in [0.5, 0.6) is 0 Å². The van der Waals surface area contributed by atoms with Crippen molar-refractivity contribution < 1.29 is 14.6 Å². The number of ether oxygens (including phenoxy) is 1. The lowest BCUT2D eigenvalue weighted by Crippen LogP contribution is -2.22. The molecule has 2 atom stereocenters. The van der Waals surface area contributed by atoms with Gasteiger partial charge < -0.3 is 20.9 Å². The summed E-state index contributed by atoms with van der Waals surface area (Å²) in [5, 5.41) is 12.3. The molecule has 0 aromatic heterocycles. The number of nitrogen functional groups attached to an aromatic ring is 1. The molecule has 1 aromatic carbocycles. The van der Waals surface area contributed by atoms with E-state index in [0.29, 0.717) is 12.0 Å². The lowest BCUT2D eigenvalue weighted by molar-refractivity contribution is 0.0698. The van der Waals surface area contributed by atoms with Gasteiger partial charge in [-0.1, -0.05) is 6.92 Å². The van der Waals surface area contributed by atoms with E-state index < -0.39 is 5.97 Å². The van der Waals surface area contributed by atoms with Gasteiger partial charge in [-0.05, 0) is 31.0 Å². The van der Waals surface area contributed by atoms with E-state index >= 15 is 0 Å². The van der Waals surface area contributed by atoms with Crippen LogP contribution >= 0.6 is 0 Å². The van der Waals surface area contributed by atoms with Crippen LogP contribution in [-0.4, -0.2) is 30.3 Å². The van der Waals surface area contributed by atoms with Gasteiger partial charge in [0.1, 0.15) is 0 Å². The molecule has 1 saturated heterocycles. The number of carboxylic acid groups (broad SMARTS) is 1. The highest BCUT2D eigenvalue weighted by Crippen LogP contribution is 2.24. The van der Waals surface area contributed by atoms with Crippen LogP contribution in [0.2, 0.25) is 0 Å². The summed E-state index contributed by atoms with van der Waals surface area (Å²) in [6, 6.07) is 5.00. The van der Waals surface area contributed by atoms with E-state index in [0.717, 1.165) is 31.7 Å². The van der Waals surface area contributed by atoms with Crippen molar-refractivity contribution in [2.75, 3.05) is 24.2 Å². The molecule has 0 radical (unpaired) electrons. The van der Waals surface area contributed by atoms with Crippen molar-refractivity contribution in [2.24, 2.45) is 5.92 Å². The second-order valence-corrected chi connectivity index (χ2v) is 4.85. The zero-order valence-corrected chi connectivity index (χ0v) is 11.1. The first-order chi connectivity index (χ1) is 9.11. The van der Waals surface area contributed by atoms with Gasteiger partial charge in [0, 0.05) is 30.4 Å². The Labute approximate surface area is 112 Å². The fourth-order valence-corrected chi connectivity index (χ4v) is 2.48. The molecular weight excluding hydrogens is 244 g/mol. The molecule has 5 heteroatoms. The maximum Gasteiger partial charge on any atom is 0.337 e. The Kier molecular flexibility index (Phi) is 4.27. The summed E-state index contributed by atoms with van der Waals surface area (Å²) in [6.07, 6.45) is 2.36. The number of anilines is 2.